The van der Waals surface area contributed by atoms with Crippen LogP contribution in [-0.4, -0.2) is 55.6 Å². The van der Waals surface area contributed by atoms with Crippen LogP contribution in [0.4, 0.5) is 15.8 Å². The Morgan fingerprint density at radius 1 is 0.878 bits per heavy atom. The number of methoxy groups -OCH3 is 1. The molecule has 212 valence electrons. The van der Waals surface area contributed by atoms with Crippen LogP contribution in [0.1, 0.15) is 20.7 Å². The predicted octanol–water partition coefficient (Wildman–Crippen LogP) is 5.18. The van der Waals surface area contributed by atoms with Crippen molar-refractivity contribution in [1.29, 1.82) is 0 Å². The molecule has 4 aromatic rings. The summed E-state index contributed by atoms with van der Waals surface area (Å²) in [6, 6.07) is 25.7. The van der Waals surface area contributed by atoms with Crippen LogP contribution in [0.25, 0.3) is 11.1 Å². The summed E-state index contributed by atoms with van der Waals surface area (Å²) in [6.07, 6.45) is 0. The molecule has 0 fully saturated rings. The van der Waals surface area contributed by atoms with E-state index in [9.17, 15) is 18.5 Å². The van der Waals surface area contributed by atoms with Gasteiger partial charge in [-0.05, 0) is 59.7 Å². The number of anilines is 2. The van der Waals surface area contributed by atoms with Gasteiger partial charge in [0.25, 0.3) is 11.8 Å². The van der Waals surface area contributed by atoms with E-state index in [0.29, 0.717) is 28.4 Å². The Kier molecular flexibility index (Phi) is 9.83. The van der Waals surface area contributed by atoms with Crippen molar-refractivity contribution >= 4 is 34.6 Å². The number of nitrogens with one attached hydrogen (secondary N) is 3. The molecule has 0 heterocycles. The summed E-state index contributed by atoms with van der Waals surface area (Å²) >= 11 is -1.67. The van der Waals surface area contributed by atoms with Crippen molar-refractivity contribution in [3.63, 3.8) is 0 Å². The van der Waals surface area contributed by atoms with E-state index >= 15 is 0 Å². The van der Waals surface area contributed by atoms with Crippen LogP contribution in [0.2, 0.25) is 0 Å². The molecule has 1 unspecified atom stereocenters. The molecule has 10 heteroatoms. The van der Waals surface area contributed by atoms with Crippen molar-refractivity contribution in [2.24, 2.45) is 0 Å². The number of hydrogen-bond acceptors (Lipinski definition) is 6. The molecule has 0 saturated carbocycles. The lowest BCUT2D eigenvalue weighted by Gasteiger charge is -2.16. The van der Waals surface area contributed by atoms with Gasteiger partial charge in [-0.1, -0.05) is 36.4 Å². The highest BCUT2D eigenvalue weighted by Gasteiger charge is 2.20. The fourth-order valence-electron chi connectivity index (χ4n) is 4.07. The number of carbonyl (C=O) groups is 2. The smallest absolute Gasteiger partial charge is 0.254 e. The summed E-state index contributed by atoms with van der Waals surface area (Å²) in [6.45, 7) is 0.681. The van der Waals surface area contributed by atoms with Gasteiger partial charge in [0, 0.05) is 44.5 Å². The number of hydrogen-bond donors (Lipinski definition) is 3. The van der Waals surface area contributed by atoms with E-state index in [1.165, 1.54) is 30.2 Å². The van der Waals surface area contributed by atoms with E-state index in [1.54, 1.807) is 62.6 Å². The zero-order valence-corrected chi connectivity index (χ0v) is 23.8. The highest BCUT2D eigenvalue weighted by molar-refractivity contribution is 7.92. The number of rotatable bonds is 11. The molecule has 4 aromatic carbocycles. The van der Waals surface area contributed by atoms with Crippen molar-refractivity contribution in [3.05, 3.63) is 108 Å². The lowest BCUT2D eigenvalue weighted by molar-refractivity contribution is 0.0827. The van der Waals surface area contributed by atoms with Crippen LogP contribution in [0.15, 0.2) is 95.9 Å². The Hall–Kier alpha value is -4.54. The van der Waals surface area contributed by atoms with Gasteiger partial charge in [0.05, 0.1) is 18.4 Å². The van der Waals surface area contributed by atoms with Gasteiger partial charge in [-0.25, -0.2) is 9.11 Å². The topological polar surface area (TPSA) is 106 Å². The molecule has 0 saturated heterocycles. The number of nitrogens with zero attached hydrogens (tertiary/aromatic N) is 1. The maximum atomic E-state index is 13.8. The molecule has 0 aliphatic carbocycles. The van der Waals surface area contributed by atoms with E-state index in [4.69, 9.17) is 4.74 Å². The summed E-state index contributed by atoms with van der Waals surface area (Å²) < 4.78 is 35.7. The molecule has 0 bridgehead atoms. The summed E-state index contributed by atoms with van der Waals surface area (Å²) in [4.78, 5) is 26.6. The van der Waals surface area contributed by atoms with Crippen LogP contribution >= 0.6 is 0 Å². The Balaban J connectivity index is 1.41. The Morgan fingerprint density at radius 2 is 1.61 bits per heavy atom. The average Bonchev–Trinajstić information content (AvgIpc) is 2.99. The standard InChI is InChI=1S/C31H31FN4O4S/c1-36(2)31(38)23-9-6-8-21(18-23)22-14-15-28(40-3)29(19-22)41(39)35-25-11-7-10-24(20-25)33-16-17-34-30(37)26-12-4-5-13-27(26)32/h4-15,18-20,33,35H,16-17H2,1-3H3,(H,34,37). The van der Waals surface area contributed by atoms with E-state index in [0.717, 1.165) is 16.8 Å². The average molecular weight is 575 g/mol. The quantitative estimate of drug-likeness (QED) is 0.168. The van der Waals surface area contributed by atoms with E-state index < -0.39 is 23.1 Å². The largest absolute Gasteiger partial charge is 0.588 e. The highest BCUT2D eigenvalue weighted by atomic mass is 32.2. The van der Waals surface area contributed by atoms with Gasteiger partial charge in [-0.3, -0.25) is 9.59 Å². The second-order valence-electron chi connectivity index (χ2n) is 9.26. The Bertz CT molecular complexity index is 1530. The maximum absolute atomic E-state index is 13.8. The van der Waals surface area contributed by atoms with E-state index in [2.05, 4.69) is 15.4 Å². The SMILES string of the molecule is COc1ccc(-c2cccc(C(=O)N(C)C)c2)cc1[S+]([O-])Nc1cccc(NCCNC(=O)c2ccccc2F)c1. The fourth-order valence-corrected chi connectivity index (χ4v) is 5.09. The minimum Gasteiger partial charge on any atom is -0.588 e. The van der Waals surface area contributed by atoms with Gasteiger partial charge < -0.3 is 24.8 Å². The number of carbonyl (C=O) groups excluding carboxylic acids is 2. The van der Waals surface area contributed by atoms with Crippen LogP contribution in [0, 0.1) is 5.82 Å². The molecule has 0 radical (unpaired) electrons. The molecular weight excluding hydrogens is 543 g/mol. The number of halogens is 1. The van der Waals surface area contributed by atoms with E-state index in [1.807, 2.05) is 24.3 Å². The first-order chi connectivity index (χ1) is 19.8. The first-order valence-corrected chi connectivity index (χ1v) is 14.0. The second kappa shape index (κ2) is 13.7. The molecule has 41 heavy (non-hydrogen) atoms. The number of amides is 2. The maximum Gasteiger partial charge on any atom is 0.254 e. The molecule has 2 amide bonds. The van der Waals surface area contributed by atoms with Gasteiger partial charge in [0.1, 0.15) is 17.2 Å². The van der Waals surface area contributed by atoms with Crippen LogP contribution in [0.5, 0.6) is 5.75 Å². The van der Waals surface area contributed by atoms with Crippen LogP contribution in [0.3, 0.4) is 0 Å². The molecule has 1 atom stereocenters. The highest BCUT2D eigenvalue weighted by Crippen LogP contribution is 2.32. The minimum atomic E-state index is -1.67. The van der Waals surface area contributed by atoms with Gasteiger partial charge in [-0.15, -0.1) is 0 Å². The van der Waals surface area contributed by atoms with Crippen molar-refractivity contribution in [1.82, 2.24) is 10.2 Å². The van der Waals surface area contributed by atoms with Crippen molar-refractivity contribution in [2.75, 3.05) is 44.3 Å². The molecule has 8 nitrogen and oxygen atoms in total. The monoisotopic (exact) mass is 574 g/mol. The number of benzene rings is 4. The van der Waals surface area contributed by atoms with Crippen LogP contribution < -0.4 is 20.1 Å². The molecule has 0 aromatic heterocycles. The molecule has 4 rings (SSSR count). The first kappa shape index (κ1) is 29.4. The zero-order chi connectivity index (χ0) is 29.4. The van der Waals surface area contributed by atoms with Crippen molar-refractivity contribution < 1.29 is 23.3 Å². The van der Waals surface area contributed by atoms with Gasteiger partial charge in [-0.2, -0.15) is 0 Å². The third-order valence-electron chi connectivity index (χ3n) is 6.14. The summed E-state index contributed by atoms with van der Waals surface area (Å²) in [5.74, 6) is -0.700. The van der Waals surface area contributed by atoms with E-state index in [-0.39, 0.29) is 18.0 Å². The molecule has 3 N–H and O–H groups in total. The molecule has 0 spiro atoms. The van der Waals surface area contributed by atoms with Gasteiger partial charge in [0.15, 0.2) is 5.75 Å². The second-order valence-corrected chi connectivity index (χ2v) is 10.4. The normalized spacial score (nSPS) is 11.3. The van der Waals surface area contributed by atoms with Crippen molar-refractivity contribution in [3.8, 4) is 16.9 Å². The molecule has 0 aliphatic heterocycles. The summed E-state index contributed by atoms with van der Waals surface area (Å²) in [5.41, 5.74) is 3.50. The lowest BCUT2D eigenvalue weighted by Crippen LogP contribution is -2.29. The molecule has 0 aliphatic rings. The Morgan fingerprint density at radius 3 is 2.37 bits per heavy atom. The van der Waals surface area contributed by atoms with Gasteiger partial charge in [0.2, 0.25) is 4.90 Å². The zero-order valence-electron chi connectivity index (χ0n) is 22.9. The lowest BCUT2D eigenvalue weighted by atomic mass is 10.0. The summed E-state index contributed by atoms with van der Waals surface area (Å²) in [7, 11) is 4.92. The van der Waals surface area contributed by atoms with Crippen molar-refractivity contribution in [2.45, 2.75) is 4.90 Å². The molecular formula is C31H31FN4O4S. The third-order valence-corrected chi connectivity index (χ3v) is 7.28. The van der Waals surface area contributed by atoms with Gasteiger partial charge >= 0.3 is 0 Å². The first-order valence-electron chi connectivity index (χ1n) is 12.8. The predicted molar refractivity (Wildman–Crippen MR) is 160 cm³/mol. The Labute approximate surface area is 241 Å². The summed E-state index contributed by atoms with van der Waals surface area (Å²) in [5, 5.41) is 5.88. The number of ether oxygens (including phenoxy) is 1. The minimum absolute atomic E-state index is 0.00423. The third kappa shape index (κ3) is 7.56. The van der Waals surface area contributed by atoms with Crippen LogP contribution in [-0.2, 0) is 11.4 Å². The fraction of sp³-hybridized carbons (Fsp3) is 0.161.